The third kappa shape index (κ3) is 3.27. The molecule has 1 spiro atoms. The Labute approximate surface area is 151 Å². The summed E-state index contributed by atoms with van der Waals surface area (Å²) < 4.78 is 11.9. The van der Waals surface area contributed by atoms with Crippen molar-refractivity contribution >= 4 is 19.0 Å². The number of carbonyl (C=O) groups excluding carboxylic acids is 1. The van der Waals surface area contributed by atoms with Crippen molar-refractivity contribution in [3.8, 4) is 0 Å². The predicted molar refractivity (Wildman–Crippen MR) is 102 cm³/mol. The first kappa shape index (κ1) is 17.2. The summed E-state index contributed by atoms with van der Waals surface area (Å²) in [5.41, 5.74) is 2.59. The van der Waals surface area contributed by atoms with Gasteiger partial charge in [0.2, 0.25) is 0 Å². The predicted octanol–water partition coefficient (Wildman–Crippen LogP) is 3.80. The van der Waals surface area contributed by atoms with Crippen molar-refractivity contribution < 1.29 is 14.3 Å². The molecular formula is C21H28O3Si. The molecule has 0 bridgehead atoms. The lowest BCUT2D eigenvalue weighted by Gasteiger charge is -2.41. The zero-order chi connectivity index (χ0) is 17.5. The van der Waals surface area contributed by atoms with Crippen molar-refractivity contribution in [1.29, 1.82) is 0 Å². The number of carbonyl (C=O) groups is 1. The van der Waals surface area contributed by atoms with Crippen molar-refractivity contribution in [1.82, 2.24) is 0 Å². The monoisotopic (exact) mass is 356 g/mol. The normalized spacial score (nSPS) is 26.2. The highest BCUT2D eigenvalue weighted by Gasteiger charge is 2.46. The summed E-state index contributed by atoms with van der Waals surface area (Å²) in [6, 6.07) is 11.7. The fourth-order valence-corrected chi connectivity index (χ4v) is 7.45. The van der Waals surface area contributed by atoms with Crippen molar-refractivity contribution in [2.45, 2.75) is 57.0 Å². The smallest absolute Gasteiger partial charge is 0.169 e. The Hall–Kier alpha value is -1.23. The zero-order valence-electron chi connectivity index (χ0n) is 15.3. The molecule has 25 heavy (non-hydrogen) atoms. The quantitative estimate of drug-likeness (QED) is 0.773. The van der Waals surface area contributed by atoms with Gasteiger partial charge in [-0.05, 0) is 30.4 Å². The minimum atomic E-state index is -1.67. The summed E-state index contributed by atoms with van der Waals surface area (Å²) in [5, 5.41) is 1.44. The highest BCUT2D eigenvalue weighted by atomic mass is 28.3. The SMILES string of the molecule is C[Si](C)(CC1=C2CCC3(CC2CCC1=O)OCCO3)c1ccccc1. The molecule has 1 aromatic carbocycles. The maximum atomic E-state index is 12.8. The van der Waals surface area contributed by atoms with Crippen LogP contribution >= 0.6 is 0 Å². The topological polar surface area (TPSA) is 35.5 Å². The van der Waals surface area contributed by atoms with Crippen LogP contribution in [0.1, 0.15) is 32.1 Å². The van der Waals surface area contributed by atoms with E-state index >= 15 is 0 Å². The van der Waals surface area contributed by atoms with Gasteiger partial charge in [-0.15, -0.1) is 0 Å². The Morgan fingerprint density at radius 2 is 1.84 bits per heavy atom. The molecule has 134 valence electrons. The van der Waals surface area contributed by atoms with Crippen LogP contribution in [0.15, 0.2) is 41.5 Å². The van der Waals surface area contributed by atoms with E-state index in [1.807, 2.05) is 0 Å². The number of benzene rings is 1. The minimum absolute atomic E-state index is 0.355. The summed E-state index contributed by atoms with van der Waals surface area (Å²) >= 11 is 0. The van der Waals surface area contributed by atoms with Crippen LogP contribution in [0, 0.1) is 5.92 Å². The zero-order valence-corrected chi connectivity index (χ0v) is 16.3. The van der Waals surface area contributed by atoms with E-state index in [1.165, 1.54) is 10.8 Å². The van der Waals surface area contributed by atoms with Crippen LogP contribution in [0.25, 0.3) is 0 Å². The fraction of sp³-hybridized carbons (Fsp3) is 0.571. The summed E-state index contributed by atoms with van der Waals surface area (Å²) in [7, 11) is -1.67. The Kier molecular flexibility index (Phi) is 4.46. The molecule has 3 aliphatic rings. The number of fused-ring (bicyclic) bond motifs is 1. The second-order valence-corrected chi connectivity index (χ2v) is 13.1. The van der Waals surface area contributed by atoms with Crippen LogP contribution < -0.4 is 5.19 Å². The summed E-state index contributed by atoms with van der Waals surface area (Å²) in [5.74, 6) is 0.513. The number of hydrogen-bond donors (Lipinski definition) is 0. The van der Waals surface area contributed by atoms with Crippen LogP contribution in [-0.2, 0) is 14.3 Å². The van der Waals surface area contributed by atoms with Crippen LogP contribution in [0.5, 0.6) is 0 Å². The van der Waals surface area contributed by atoms with E-state index < -0.39 is 8.07 Å². The first-order chi connectivity index (χ1) is 12.0. The highest BCUT2D eigenvalue weighted by Crippen LogP contribution is 2.47. The molecule has 1 atom stereocenters. The molecule has 0 amide bonds. The first-order valence-electron chi connectivity index (χ1n) is 9.58. The van der Waals surface area contributed by atoms with E-state index in [0.717, 1.165) is 37.3 Å². The molecule has 1 aromatic rings. The molecule has 0 N–H and O–H groups in total. The van der Waals surface area contributed by atoms with Crippen molar-refractivity contribution in [2.75, 3.05) is 13.2 Å². The Morgan fingerprint density at radius 1 is 1.12 bits per heavy atom. The average Bonchev–Trinajstić information content (AvgIpc) is 3.06. The highest BCUT2D eigenvalue weighted by molar-refractivity contribution is 6.90. The van der Waals surface area contributed by atoms with Gasteiger partial charge in [-0.1, -0.05) is 54.2 Å². The Morgan fingerprint density at radius 3 is 2.56 bits per heavy atom. The number of hydrogen-bond acceptors (Lipinski definition) is 3. The molecule has 1 saturated carbocycles. The number of ether oxygens (including phenoxy) is 2. The standard InChI is InChI=1S/C21H28O3Si/c1-25(2,17-6-4-3-5-7-17)15-19-18-10-11-21(23-12-13-24-21)14-16(18)8-9-20(19)22/h3-7,16H,8-15H2,1-2H3. The second kappa shape index (κ2) is 6.49. The maximum Gasteiger partial charge on any atom is 0.169 e. The fourth-order valence-electron chi connectivity index (χ4n) is 4.84. The van der Waals surface area contributed by atoms with Crippen LogP contribution in [-0.4, -0.2) is 32.9 Å². The third-order valence-corrected chi connectivity index (χ3v) is 9.39. The van der Waals surface area contributed by atoms with Gasteiger partial charge in [0.25, 0.3) is 0 Å². The molecule has 0 radical (unpaired) electrons. The van der Waals surface area contributed by atoms with Gasteiger partial charge >= 0.3 is 0 Å². The van der Waals surface area contributed by atoms with Gasteiger partial charge in [-0.3, -0.25) is 4.79 Å². The molecular weight excluding hydrogens is 328 g/mol. The van der Waals surface area contributed by atoms with Crippen molar-refractivity contribution in [2.24, 2.45) is 5.92 Å². The van der Waals surface area contributed by atoms with Gasteiger partial charge < -0.3 is 9.47 Å². The third-order valence-electron chi connectivity index (χ3n) is 6.26. The molecule has 2 fully saturated rings. The summed E-state index contributed by atoms with van der Waals surface area (Å²) in [4.78, 5) is 12.8. The maximum absolute atomic E-state index is 12.8. The molecule has 1 unspecified atom stereocenters. The lowest BCUT2D eigenvalue weighted by molar-refractivity contribution is -0.181. The molecule has 4 rings (SSSR count). The van der Waals surface area contributed by atoms with Gasteiger partial charge in [-0.25, -0.2) is 0 Å². The summed E-state index contributed by atoms with van der Waals surface area (Å²) in [6.07, 6.45) is 4.47. The molecule has 3 nitrogen and oxygen atoms in total. The lowest BCUT2D eigenvalue weighted by Crippen LogP contribution is -2.44. The lowest BCUT2D eigenvalue weighted by atomic mass is 9.72. The number of rotatable bonds is 3. The van der Waals surface area contributed by atoms with E-state index in [0.29, 0.717) is 31.3 Å². The van der Waals surface area contributed by atoms with Gasteiger partial charge in [0.1, 0.15) is 0 Å². The number of allylic oxidation sites excluding steroid dienone is 2. The Balaban J connectivity index is 1.61. The van der Waals surface area contributed by atoms with Crippen molar-refractivity contribution in [3.05, 3.63) is 41.5 Å². The van der Waals surface area contributed by atoms with Gasteiger partial charge in [0, 0.05) is 19.3 Å². The average molecular weight is 357 g/mol. The minimum Gasteiger partial charge on any atom is -0.348 e. The van der Waals surface area contributed by atoms with Crippen LogP contribution in [0.4, 0.5) is 0 Å². The summed E-state index contributed by atoms with van der Waals surface area (Å²) in [6.45, 7) is 6.21. The van der Waals surface area contributed by atoms with E-state index in [4.69, 9.17) is 9.47 Å². The number of Topliss-reactive ketones (excluding diaryl/α,β-unsaturated/α-hetero) is 1. The van der Waals surface area contributed by atoms with E-state index in [1.54, 1.807) is 0 Å². The van der Waals surface area contributed by atoms with Gasteiger partial charge in [0.05, 0.1) is 21.3 Å². The number of ketones is 1. The Bertz CT molecular complexity index is 686. The van der Waals surface area contributed by atoms with Gasteiger partial charge in [-0.2, -0.15) is 0 Å². The molecule has 1 aliphatic heterocycles. The van der Waals surface area contributed by atoms with Gasteiger partial charge in [0.15, 0.2) is 11.6 Å². The molecule has 0 aromatic heterocycles. The van der Waals surface area contributed by atoms with Crippen LogP contribution in [0.2, 0.25) is 19.1 Å². The second-order valence-electron chi connectivity index (χ2n) is 8.40. The van der Waals surface area contributed by atoms with E-state index in [2.05, 4.69) is 43.4 Å². The first-order valence-corrected chi connectivity index (χ1v) is 12.8. The van der Waals surface area contributed by atoms with E-state index in [9.17, 15) is 4.79 Å². The molecule has 1 heterocycles. The largest absolute Gasteiger partial charge is 0.348 e. The van der Waals surface area contributed by atoms with E-state index in [-0.39, 0.29) is 5.79 Å². The molecule has 1 saturated heterocycles. The molecule has 4 heteroatoms. The van der Waals surface area contributed by atoms with Crippen molar-refractivity contribution in [3.63, 3.8) is 0 Å². The molecule has 2 aliphatic carbocycles. The van der Waals surface area contributed by atoms with Crippen LogP contribution in [0.3, 0.4) is 0 Å².